The van der Waals surface area contributed by atoms with Crippen molar-refractivity contribution in [3.05, 3.63) is 11.8 Å². The molecule has 108 valence electrons. The third-order valence-electron chi connectivity index (χ3n) is 1.60. The van der Waals surface area contributed by atoms with Crippen LogP contribution in [0.4, 0.5) is 0 Å². The molecule has 9 heteroatoms. The van der Waals surface area contributed by atoms with Crippen molar-refractivity contribution in [2.75, 3.05) is 0 Å². The minimum Gasteiger partial charge on any atom is -0.473 e. The fourth-order valence-corrected chi connectivity index (χ4v) is 0.747. The van der Waals surface area contributed by atoms with Gasteiger partial charge in [-0.2, -0.15) is 0 Å². The SMILES string of the molecule is CC(C)OCc1nnc(C(C)N)o1.O=C(O)C(=O)O. The quantitative estimate of drug-likeness (QED) is 0.653. The lowest BCUT2D eigenvalue weighted by Crippen LogP contribution is -2.09. The predicted molar refractivity (Wildman–Crippen MR) is 62.1 cm³/mol. The largest absolute Gasteiger partial charge is 0.473 e. The maximum Gasteiger partial charge on any atom is 0.414 e. The third-order valence-corrected chi connectivity index (χ3v) is 1.60. The Morgan fingerprint density at radius 3 is 2.11 bits per heavy atom. The van der Waals surface area contributed by atoms with Gasteiger partial charge in [0, 0.05) is 0 Å². The standard InChI is InChI=1S/C8H15N3O2.C2H2O4/c1-5(2)12-4-7-10-11-8(13-7)6(3)9;3-1(4)2(5)6/h5-6H,4,9H2,1-3H3;(H,3,4)(H,5,6). The van der Waals surface area contributed by atoms with Crippen molar-refractivity contribution >= 4 is 11.9 Å². The number of nitrogens with zero attached hydrogens (tertiary/aromatic N) is 2. The van der Waals surface area contributed by atoms with E-state index in [2.05, 4.69) is 10.2 Å². The molecule has 9 nitrogen and oxygen atoms in total. The van der Waals surface area contributed by atoms with Gasteiger partial charge in [-0.25, -0.2) is 9.59 Å². The fourth-order valence-electron chi connectivity index (χ4n) is 0.747. The van der Waals surface area contributed by atoms with Crippen LogP contribution in [-0.2, 0) is 20.9 Å². The van der Waals surface area contributed by atoms with Gasteiger partial charge in [0.05, 0.1) is 12.1 Å². The van der Waals surface area contributed by atoms with Gasteiger partial charge in [-0.15, -0.1) is 10.2 Å². The average Bonchev–Trinajstić information content (AvgIpc) is 2.75. The first-order valence-corrected chi connectivity index (χ1v) is 5.39. The number of carboxylic acids is 2. The number of rotatable bonds is 4. The van der Waals surface area contributed by atoms with Crippen molar-refractivity contribution in [2.45, 2.75) is 39.5 Å². The highest BCUT2D eigenvalue weighted by Crippen LogP contribution is 2.08. The Hall–Kier alpha value is -2.00. The second-order valence-corrected chi connectivity index (χ2v) is 3.79. The molecule has 0 aromatic carbocycles. The highest BCUT2D eigenvalue weighted by Gasteiger charge is 2.09. The molecule has 1 heterocycles. The molecule has 4 N–H and O–H groups in total. The van der Waals surface area contributed by atoms with Crippen LogP contribution in [0.2, 0.25) is 0 Å². The predicted octanol–water partition coefficient (Wildman–Crippen LogP) is 0.170. The van der Waals surface area contributed by atoms with E-state index in [-0.39, 0.29) is 12.1 Å². The van der Waals surface area contributed by atoms with Crippen LogP contribution in [0.15, 0.2) is 4.42 Å². The van der Waals surface area contributed by atoms with Crippen LogP contribution in [-0.4, -0.2) is 38.5 Å². The zero-order chi connectivity index (χ0) is 15.0. The Bertz CT molecular complexity index is 403. The normalized spacial score (nSPS) is 11.6. The van der Waals surface area contributed by atoms with E-state index >= 15 is 0 Å². The molecule has 0 aliphatic rings. The number of nitrogens with two attached hydrogens (primary N) is 1. The first-order chi connectivity index (χ1) is 8.73. The molecule has 0 aliphatic heterocycles. The van der Waals surface area contributed by atoms with Gasteiger partial charge in [0.25, 0.3) is 0 Å². The number of carboxylic acid groups (broad SMARTS) is 2. The highest BCUT2D eigenvalue weighted by molar-refractivity contribution is 6.27. The lowest BCUT2D eigenvalue weighted by atomic mass is 10.4. The maximum absolute atomic E-state index is 9.10. The first kappa shape index (κ1) is 17.0. The Morgan fingerprint density at radius 1 is 1.26 bits per heavy atom. The van der Waals surface area contributed by atoms with Crippen molar-refractivity contribution in [3.63, 3.8) is 0 Å². The van der Waals surface area contributed by atoms with E-state index in [0.717, 1.165) is 0 Å². The van der Waals surface area contributed by atoms with Gasteiger partial charge >= 0.3 is 11.9 Å². The monoisotopic (exact) mass is 275 g/mol. The van der Waals surface area contributed by atoms with Crippen LogP contribution < -0.4 is 5.73 Å². The maximum atomic E-state index is 9.10. The van der Waals surface area contributed by atoms with Gasteiger partial charge < -0.3 is 25.1 Å². The zero-order valence-electron chi connectivity index (χ0n) is 10.9. The summed E-state index contributed by atoms with van der Waals surface area (Å²) in [4.78, 5) is 18.2. The Kier molecular flexibility index (Phi) is 7.30. The van der Waals surface area contributed by atoms with Gasteiger partial charge in [0.15, 0.2) is 0 Å². The number of ether oxygens (including phenoxy) is 1. The summed E-state index contributed by atoms with van der Waals surface area (Å²) in [5, 5.41) is 22.3. The molecule has 0 aliphatic carbocycles. The second kappa shape index (κ2) is 8.16. The summed E-state index contributed by atoms with van der Waals surface area (Å²) in [5.74, 6) is -2.73. The molecule has 19 heavy (non-hydrogen) atoms. The fraction of sp³-hybridized carbons (Fsp3) is 0.600. The number of aromatic nitrogens is 2. The Labute approximate surface area is 109 Å². The Morgan fingerprint density at radius 2 is 1.79 bits per heavy atom. The Balaban J connectivity index is 0.000000459. The molecular formula is C10H17N3O6. The molecule has 0 bridgehead atoms. The van der Waals surface area contributed by atoms with Gasteiger partial charge in [-0.1, -0.05) is 0 Å². The summed E-state index contributed by atoms with van der Waals surface area (Å²) in [7, 11) is 0. The summed E-state index contributed by atoms with van der Waals surface area (Å²) in [6, 6.07) is -0.222. The third kappa shape index (κ3) is 7.84. The highest BCUT2D eigenvalue weighted by atomic mass is 16.5. The van der Waals surface area contributed by atoms with Crippen molar-refractivity contribution in [3.8, 4) is 0 Å². The van der Waals surface area contributed by atoms with Gasteiger partial charge in [0.1, 0.15) is 6.61 Å². The van der Waals surface area contributed by atoms with Crippen LogP contribution >= 0.6 is 0 Å². The van der Waals surface area contributed by atoms with Crippen molar-refractivity contribution in [2.24, 2.45) is 5.73 Å². The first-order valence-electron chi connectivity index (χ1n) is 5.39. The van der Waals surface area contributed by atoms with E-state index in [9.17, 15) is 0 Å². The van der Waals surface area contributed by atoms with Crippen molar-refractivity contribution in [1.29, 1.82) is 0 Å². The molecule has 0 saturated carbocycles. The van der Waals surface area contributed by atoms with Crippen LogP contribution in [0.25, 0.3) is 0 Å². The van der Waals surface area contributed by atoms with E-state index in [1.807, 2.05) is 13.8 Å². The van der Waals surface area contributed by atoms with E-state index in [4.69, 9.17) is 34.7 Å². The number of hydrogen-bond acceptors (Lipinski definition) is 7. The summed E-state index contributed by atoms with van der Waals surface area (Å²) < 4.78 is 10.5. The summed E-state index contributed by atoms with van der Waals surface area (Å²) in [6.07, 6.45) is 0.158. The lowest BCUT2D eigenvalue weighted by Gasteiger charge is -2.02. The molecule has 1 aromatic rings. The van der Waals surface area contributed by atoms with Crippen molar-refractivity contribution in [1.82, 2.24) is 10.2 Å². The molecule has 0 radical (unpaired) electrons. The van der Waals surface area contributed by atoms with Crippen LogP contribution in [0.5, 0.6) is 0 Å². The zero-order valence-corrected chi connectivity index (χ0v) is 10.9. The van der Waals surface area contributed by atoms with Crippen LogP contribution in [0, 0.1) is 0 Å². The van der Waals surface area contributed by atoms with Gasteiger partial charge in [0.2, 0.25) is 11.8 Å². The minimum atomic E-state index is -1.82. The summed E-state index contributed by atoms with van der Waals surface area (Å²) >= 11 is 0. The number of carbonyl (C=O) groups is 2. The molecule has 0 saturated heterocycles. The molecule has 1 unspecified atom stereocenters. The molecule has 0 amide bonds. The summed E-state index contributed by atoms with van der Waals surface area (Å²) in [5.41, 5.74) is 5.55. The molecule has 1 rings (SSSR count). The summed E-state index contributed by atoms with van der Waals surface area (Å²) in [6.45, 7) is 6.03. The van der Waals surface area contributed by atoms with Crippen LogP contribution in [0.1, 0.15) is 38.6 Å². The van der Waals surface area contributed by atoms with Gasteiger partial charge in [-0.05, 0) is 20.8 Å². The average molecular weight is 275 g/mol. The molecule has 1 aromatic heterocycles. The van der Waals surface area contributed by atoms with Gasteiger partial charge in [-0.3, -0.25) is 0 Å². The van der Waals surface area contributed by atoms with E-state index in [0.29, 0.717) is 18.4 Å². The second-order valence-electron chi connectivity index (χ2n) is 3.79. The van der Waals surface area contributed by atoms with Crippen molar-refractivity contribution < 1.29 is 29.0 Å². The van der Waals surface area contributed by atoms with E-state index in [1.54, 1.807) is 6.92 Å². The molecular weight excluding hydrogens is 258 g/mol. The minimum absolute atomic E-state index is 0.158. The molecule has 0 fully saturated rings. The van der Waals surface area contributed by atoms with E-state index in [1.165, 1.54) is 0 Å². The molecule has 1 atom stereocenters. The number of hydrogen-bond donors (Lipinski definition) is 3. The number of aliphatic carboxylic acids is 2. The lowest BCUT2D eigenvalue weighted by molar-refractivity contribution is -0.159. The smallest absolute Gasteiger partial charge is 0.414 e. The topological polar surface area (TPSA) is 149 Å². The van der Waals surface area contributed by atoms with Crippen LogP contribution in [0.3, 0.4) is 0 Å². The van der Waals surface area contributed by atoms with E-state index < -0.39 is 11.9 Å². The molecule has 0 spiro atoms.